The Morgan fingerprint density at radius 3 is 2.50 bits per heavy atom. The summed E-state index contributed by atoms with van der Waals surface area (Å²) in [5.41, 5.74) is -1.78. The molecule has 2 heterocycles. The summed E-state index contributed by atoms with van der Waals surface area (Å²) in [5.74, 6) is -0.740. The van der Waals surface area contributed by atoms with Crippen LogP contribution in [0.3, 0.4) is 0 Å². The minimum absolute atomic E-state index is 0.0425. The average Bonchev–Trinajstić information content (AvgIpc) is 3.11. The van der Waals surface area contributed by atoms with E-state index in [1.807, 2.05) is 4.98 Å². The van der Waals surface area contributed by atoms with E-state index in [9.17, 15) is 24.1 Å². The van der Waals surface area contributed by atoms with Crippen LogP contribution in [-0.2, 0) is 32.8 Å². The predicted molar refractivity (Wildman–Crippen MR) is 138 cm³/mol. The first kappa shape index (κ1) is 31.9. The first-order chi connectivity index (χ1) is 18.9. The van der Waals surface area contributed by atoms with Gasteiger partial charge in [-0.1, -0.05) is 29.8 Å². The van der Waals surface area contributed by atoms with Gasteiger partial charge in [-0.25, -0.2) is 13.8 Å². The number of aromatic amines is 1. The van der Waals surface area contributed by atoms with E-state index >= 15 is 4.39 Å². The van der Waals surface area contributed by atoms with Crippen molar-refractivity contribution in [3.63, 3.8) is 0 Å². The molecule has 1 fully saturated rings. The lowest BCUT2D eigenvalue weighted by molar-refractivity contribution is -0.156. The van der Waals surface area contributed by atoms with E-state index in [2.05, 4.69) is 5.09 Å². The molecule has 1 aromatic heterocycles. The minimum Gasteiger partial charge on any atom is -0.456 e. The second-order valence-electron chi connectivity index (χ2n) is 8.68. The average molecular weight is 610 g/mol. The Hall–Kier alpha value is -2.62. The molecule has 14 nitrogen and oxygen atoms in total. The molecule has 2 unspecified atom stereocenters. The number of aromatic nitrogens is 2. The zero-order chi connectivity index (χ0) is 29.5. The summed E-state index contributed by atoms with van der Waals surface area (Å²) in [4.78, 5) is 38.1. The van der Waals surface area contributed by atoms with Gasteiger partial charge in [0.1, 0.15) is 30.1 Å². The molecule has 0 amide bonds. The number of hydrogen-bond donors (Lipinski definition) is 3. The van der Waals surface area contributed by atoms with Crippen LogP contribution in [0.4, 0.5) is 4.39 Å². The van der Waals surface area contributed by atoms with Crippen LogP contribution in [0.25, 0.3) is 0 Å². The third kappa shape index (κ3) is 7.98. The van der Waals surface area contributed by atoms with Crippen molar-refractivity contribution in [2.24, 2.45) is 0 Å². The number of aliphatic hydroxyl groups excluding tert-OH is 1. The lowest BCUT2D eigenvalue weighted by Crippen LogP contribution is -2.42. The van der Waals surface area contributed by atoms with Gasteiger partial charge in [-0.05, 0) is 19.1 Å². The molecule has 3 N–H and O–H groups in total. The van der Waals surface area contributed by atoms with Gasteiger partial charge in [0.15, 0.2) is 6.23 Å². The van der Waals surface area contributed by atoms with Crippen molar-refractivity contribution in [3.05, 3.63) is 63.4 Å². The van der Waals surface area contributed by atoms with E-state index in [0.29, 0.717) is 4.57 Å². The Morgan fingerprint density at radius 2 is 1.90 bits per heavy atom. The molecular weight excluding hydrogens is 580 g/mol. The van der Waals surface area contributed by atoms with Crippen LogP contribution in [0.1, 0.15) is 13.2 Å². The zero-order valence-electron chi connectivity index (χ0n) is 21.7. The maximum atomic E-state index is 15.3. The minimum atomic E-state index is -4.44. The van der Waals surface area contributed by atoms with Crippen molar-refractivity contribution in [3.8, 4) is 5.75 Å². The molecule has 1 aliphatic heterocycles. The van der Waals surface area contributed by atoms with Crippen molar-refractivity contribution < 1.29 is 46.9 Å². The number of halogens is 2. The molecule has 1 aromatic carbocycles. The van der Waals surface area contributed by atoms with Gasteiger partial charge in [0.2, 0.25) is 0 Å². The Kier molecular flexibility index (Phi) is 11.0. The normalized spacial score (nSPS) is 24.9. The molecule has 1 saturated heterocycles. The molecule has 3 rings (SSSR count). The molecule has 1 aliphatic rings. The Labute approximate surface area is 232 Å². The Bertz CT molecular complexity index is 1290. The number of carbonyl (C=O) groups excluding carboxylic acids is 1. The summed E-state index contributed by atoms with van der Waals surface area (Å²) in [5, 5.41) is 9.91. The maximum Gasteiger partial charge on any atom is 0.459 e. The fourth-order valence-corrected chi connectivity index (χ4v) is 5.44. The van der Waals surface area contributed by atoms with E-state index in [4.69, 9.17) is 39.6 Å². The number of nitrogens with one attached hydrogen (secondary N) is 2. The number of carbonyl (C=O) groups is 1. The monoisotopic (exact) mass is 609 g/mol. The summed E-state index contributed by atoms with van der Waals surface area (Å²) in [6.45, 7) is 0.666. The zero-order valence-corrected chi connectivity index (χ0v) is 23.4. The lowest BCUT2D eigenvalue weighted by atomic mass is 10.1. The number of alkyl halides is 2. The number of esters is 1. The summed E-state index contributed by atoms with van der Waals surface area (Å²) < 4.78 is 61.4. The van der Waals surface area contributed by atoms with Gasteiger partial charge in [-0.2, -0.15) is 5.09 Å². The maximum absolute atomic E-state index is 15.3. The lowest BCUT2D eigenvalue weighted by Gasteiger charge is -2.25. The van der Waals surface area contributed by atoms with Gasteiger partial charge in [-0.3, -0.25) is 23.7 Å². The third-order valence-corrected chi connectivity index (χ3v) is 7.61. The summed E-state index contributed by atoms with van der Waals surface area (Å²) in [6, 6.07) is 7.50. The Morgan fingerprint density at radius 1 is 1.25 bits per heavy atom. The number of H-pyrrole nitrogens is 1. The Balaban J connectivity index is 1.77. The highest BCUT2D eigenvalue weighted by Gasteiger charge is 2.58. The molecule has 0 bridgehead atoms. The fraction of sp³-hybridized carbons (Fsp3) is 0.522. The molecule has 17 heteroatoms. The second kappa shape index (κ2) is 13.8. The number of nitrogens with zero attached hydrogens (tertiary/aromatic N) is 1. The van der Waals surface area contributed by atoms with Crippen LogP contribution in [0.2, 0.25) is 0 Å². The van der Waals surface area contributed by atoms with Gasteiger partial charge >= 0.3 is 19.4 Å². The van der Waals surface area contributed by atoms with Crippen molar-refractivity contribution in [2.45, 2.75) is 42.6 Å². The second-order valence-corrected chi connectivity index (χ2v) is 11.0. The molecule has 6 atom stereocenters. The SMILES string of the molecule is COCC(COC)OC(=O)[C@H](C)NP(=O)(OC[C@H]1OC(n2ccc(=O)[nH]c2=O)[C@@](F)(Cl)[C@@H]1O)Oc1ccccc1. The number of para-hydroxylation sites is 1. The highest BCUT2D eigenvalue weighted by atomic mass is 35.5. The van der Waals surface area contributed by atoms with Crippen LogP contribution in [-0.4, -0.2) is 84.1 Å². The molecule has 0 aliphatic carbocycles. The van der Waals surface area contributed by atoms with Gasteiger partial charge in [0.05, 0.1) is 19.8 Å². The van der Waals surface area contributed by atoms with Gasteiger partial charge in [0.25, 0.3) is 10.7 Å². The third-order valence-electron chi connectivity index (χ3n) is 5.55. The smallest absolute Gasteiger partial charge is 0.456 e. The van der Waals surface area contributed by atoms with Crippen molar-refractivity contribution in [1.82, 2.24) is 14.6 Å². The van der Waals surface area contributed by atoms with Gasteiger partial charge in [0, 0.05) is 26.5 Å². The molecular formula is C23H30ClFN3O11P. The highest BCUT2D eigenvalue weighted by molar-refractivity contribution is 7.52. The molecule has 2 aromatic rings. The van der Waals surface area contributed by atoms with Crippen LogP contribution in [0.15, 0.2) is 52.2 Å². The number of ether oxygens (including phenoxy) is 4. The van der Waals surface area contributed by atoms with Crippen molar-refractivity contribution in [1.29, 1.82) is 0 Å². The summed E-state index contributed by atoms with van der Waals surface area (Å²) in [7, 11) is -1.61. The van der Waals surface area contributed by atoms with E-state index in [0.717, 1.165) is 12.3 Å². The number of benzene rings is 1. The summed E-state index contributed by atoms with van der Waals surface area (Å²) in [6.07, 6.45) is -5.32. The van der Waals surface area contributed by atoms with E-state index in [1.54, 1.807) is 18.2 Å². The quantitative estimate of drug-likeness (QED) is 0.158. The largest absolute Gasteiger partial charge is 0.459 e. The molecule has 222 valence electrons. The standard InChI is InChI=1S/C23H30ClFN3O11P/c1-14(20(31)37-16(11-34-2)12-35-3)27-40(33,39-15-7-5-4-6-8-15)36-13-17-19(30)23(24,25)21(38-17)28-10-9-18(29)26-22(28)32/h4-10,14,16-17,19,21,30H,11-13H2,1-3H3,(H,27,33)(H,26,29,32)/t14-,17+,19+,21?,23+,40?/m0/s1. The van der Waals surface area contributed by atoms with E-state index in [1.165, 1.54) is 33.3 Å². The van der Waals surface area contributed by atoms with Crippen LogP contribution in [0.5, 0.6) is 5.75 Å². The molecule has 0 saturated carbocycles. The number of rotatable bonds is 14. The van der Waals surface area contributed by atoms with Crippen LogP contribution < -0.4 is 20.9 Å². The van der Waals surface area contributed by atoms with Crippen molar-refractivity contribution >= 4 is 25.3 Å². The van der Waals surface area contributed by atoms with Crippen molar-refractivity contribution in [2.75, 3.05) is 34.0 Å². The van der Waals surface area contributed by atoms with Gasteiger partial charge < -0.3 is 28.6 Å². The predicted octanol–water partition coefficient (Wildman–Crippen LogP) is 1.09. The number of hydrogen-bond acceptors (Lipinski definition) is 11. The van der Waals surface area contributed by atoms with Crippen LogP contribution >= 0.6 is 19.3 Å². The first-order valence-corrected chi connectivity index (χ1v) is 13.8. The van der Waals surface area contributed by atoms with E-state index in [-0.39, 0.29) is 19.0 Å². The van der Waals surface area contributed by atoms with E-state index < -0.39 is 67.3 Å². The number of aliphatic hydroxyl groups is 1. The van der Waals surface area contributed by atoms with Crippen LogP contribution in [0, 0.1) is 0 Å². The molecule has 40 heavy (non-hydrogen) atoms. The first-order valence-electron chi connectivity index (χ1n) is 11.9. The summed E-state index contributed by atoms with van der Waals surface area (Å²) >= 11 is 5.88. The topological polar surface area (TPSA) is 177 Å². The fourth-order valence-electron chi connectivity index (χ4n) is 3.64. The molecule has 0 radical (unpaired) electrons. The highest BCUT2D eigenvalue weighted by Crippen LogP contribution is 2.48. The molecule has 0 spiro atoms. The van der Waals surface area contributed by atoms with Gasteiger partial charge in [-0.15, -0.1) is 0 Å². The number of methoxy groups -OCH3 is 2.